The normalized spacial score (nSPS) is 17.9. The number of hydrogen-bond acceptors (Lipinski definition) is 7. The van der Waals surface area contributed by atoms with Gasteiger partial charge in [-0.3, -0.25) is 14.4 Å². The van der Waals surface area contributed by atoms with Crippen molar-refractivity contribution in [3.8, 4) is 0 Å². The van der Waals surface area contributed by atoms with E-state index in [9.17, 15) is 19.5 Å². The Balaban J connectivity index is 1.53. The van der Waals surface area contributed by atoms with Crippen LogP contribution in [0.2, 0.25) is 0 Å². The molecule has 0 saturated heterocycles. The number of imidazole rings is 1. The van der Waals surface area contributed by atoms with Gasteiger partial charge in [-0.2, -0.15) is 0 Å². The molecule has 1 aromatic carbocycles. The van der Waals surface area contributed by atoms with Crippen molar-refractivity contribution in [3.05, 3.63) is 42.2 Å². The van der Waals surface area contributed by atoms with E-state index >= 15 is 0 Å². The molecular formula is C30H40N6O4. The second-order valence-corrected chi connectivity index (χ2v) is 11.4. The number of nitrogens with two attached hydrogens (primary N) is 1. The number of aromatic nitrogens is 3. The predicted molar refractivity (Wildman–Crippen MR) is 155 cm³/mol. The van der Waals surface area contributed by atoms with Gasteiger partial charge in [-0.15, -0.1) is 0 Å². The fraction of sp³-hybridized carbons (Fsp3) is 0.500. The summed E-state index contributed by atoms with van der Waals surface area (Å²) in [5.74, 6) is 1.11. The van der Waals surface area contributed by atoms with Gasteiger partial charge in [0.1, 0.15) is 17.6 Å². The first-order valence-corrected chi connectivity index (χ1v) is 13.9. The minimum absolute atomic E-state index is 0.0909. The minimum atomic E-state index is -1.02. The molecule has 1 aliphatic rings. The molecule has 1 saturated carbocycles. The molecule has 0 aliphatic heterocycles. The number of hydrogen-bond donors (Lipinski definition) is 2. The standard InChI is InChI=1S/C30H40N6O4/c1-5-35(29(39)21-14-12-20(13-15-21)17-34(4)25(38)11-8-16-37)18-24-33-26-27(36(24)19-30(2,3)40)22-9-6-7-10-23(22)32-28(26)31/h6-11,16,20-21,40H,5,12-15,17-19H2,1-4H3,(H2,31,32)/b11-8-. The molecule has 0 bridgehead atoms. The third kappa shape index (κ3) is 6.50. The zero-order chi connectivity index (χ0) is 29.0. The van der Waals surface area contributed by atoms with Crippen LogP contribution in [0, 0.1) is 11.8 Å². The Morgan fingerprint density at radius 3 is 2.52 bits per heavy atom. The SMILES string of the molecule is CCN(Cc1nc2c(N)nc3ccccc3c2n1CC(C)(C)O)C(=O)C1CCC(CN(C)C(=O)/C=C\C=O)CC1. The fourth-order valence-electron chi connectivity index (χ4n) is 5.68. The Morgan fingerprint density at radius 1 is 1.18 bits per heavy atom. The van der Waals surface area contributed by atoms with Crippen LogP contribution in [0.25, 0.3) is 21.9 Å². The number of aliphatic hydroxyl groups is 1. The summed E-state index contributed by atoms with van der Waals surface area (Å²) in [6, 6.07) is 7.72. The number of carbonyl (C=O) groups excluding carboxylic acids is 3. The molecule has 0 radical (unpaired) electrons. The highest BCUT2D eigenvalue weighted by Crippen LogP contribution is 2.33. The first-order chi connectivity index (χ1) is 19.0. The van der Waals surface area contributed by atoms with Crippen LogP contribution in [0.5, 0.6) is 0 Å². The summed E-state index contributed by atoms with van der Waals surface area (Å²) in [5.41, 5.74) is 7.45. The van der Waals surface area contributed by atoms with Gasteiger partial charge in [0.15, 0.2) is 5.82 Å². The Bertz CT molecular complexity index is 1420. The number of likely N-dealkylation sites (N-methyl/N-ethyl adjacent to an activating group) is 1. The van der Waals surface area contributed by atoms with E-state index in [0.717, 1.165) is 42.1 Å². The lowest BCUT2D eigenvalue weighted by Crippen LogP contribution is -2.39. The summed E-state index contributed by atoms with van der Waals surface area (Å²) >= 11 is 0. The van der Waals surface area contributed by atoms with E-state index in [-0.39, 0.29) is 24.3 Å². The fourth-order valence-corrected chi connectivity index (χ4v) is 5.68. The number of rotatable bonds is 10. The third-order valence-electron chi connectivity index (χ3n) is 7.68. The number of anilines is 1. The number of carbonyl (C=O) groups is 3. The van der Waals surface area contributed by atoms with Crippen molar-refractivity contribution in [3.63, 3.8) is 0 Å². The van der Waals surface area contributed by atoms with E-state index in [4.69, 9.17) is 10.7 Å². The predicted octanol–water partition coefficient (Wildman–Crippen LogP) is 3.31. The van der Waals surface area contributed by atoms with Crippen molar-refractivity contribution >= 4 is 45.9 Å². The van der Waals surface area contributed by atoms with E-state index in [1.165, 1.54) is 12.2 Å². The summed E-state index contributed by atoms with van der Waals surface area (Å²) in [6.07, 6.45) is 6.30. The van der Waals surface area contributed by atoms with Gasteiger partial charge in [0.25, 0.3) is 0 Å². The van der Waals surface area contributed by atoms with Crippen LogP contribution < -0.4 is 5.73 Å². The van der Waals surface area contributed by atoms with Gasteiger partial charge in [0.2, 0.25) is 11.8 Å². The second kappa shape index (κ2) is 12.2. The average molecular weight is 549 g/mol. The van der Waals surface area contributed by atoms with E-state index in [0.29, 0.717) is 49.0 Å². The van der Waals surface area contributed by atoms with Crippen LogP contribution in [0.4, 0.5) is 5.82 Å². The Labute approximate surface area is 234 Å². The van der Waals surface area contributed by atoms with Crippen LogP contribution in [0.1, 0.15) is 52.3 Å². The number of amides is 2. The Hall–Kier alpha value is -3.79. The lowest BCUT2D eigenvalue weighted by molar-refractivity contribution is -0.137. The quantitative estimate of drug-likeness (QED) is 0.293. The molecule has 2 aromatic heterocycles. The first-order valence-electron chi connectivity index (χ1n) is 13.9. The average Bonchev–Trinajstić information content (AvgIpc) is 3.27. The highest BCUT2D eigenvalue weighted by Gasteiger charge is 2.31. The van der Waals surface area contributed by atoms with Crippen molar-refractivity contribution < 1.29 is 19.5 Å². The highest BCUT2D eigenvalue weighted by molar-refractivity contribution is 6.06. The van der Waals surface area contributed by atoms with Crippen molar-refractivity contribution in [1.29, 1.82) is 0 Å². The number of allylic oxidation sites excluding steroid dienone is 1. The maximum atomic E-state index is 13.7. The maximum absolute atomic E-state index is 13.7. The van der Waals surface area contributed by atoms with Crippen molar-refractivity contribution in [2.24, 2.45) is 11.8 Å². The van der Waals surface area contributed by atoms with E-state index < -0.39 is 5.60 Å². The van der Waals surface area contributed by atoms with E-state index in [1.807, 2.05) is 40.7 Å². The summed E-state index contributed by atoms with van der Waals surface area (Å²) in [7, 11) is 1.73. The molecule has 3 N–H and O–H groups in total. The van der Waals surface area contributed by atoms with Crippen LogP contribution >= 0.6 is 0 Å². The maximum Gasteiger partial charge on any atom is 0.246 e. The molecule has 214 valence electrons. The van der Waals surface area contributed by atoms with Gasteiger partial charge in [-0.05, 0) is 64.5 Å². The second-order valence-electron chi connectivity index (χ2n) is 11.4. The molecule has 10 nitrogen and oxygen atoms in total. The van der Waals surface area contributed by atoms with E-state index in [1.54, 1.807) is 25.8 Å². The van der Waals surface area contributed by atoms with Gasteiger partial charge in [0.05, 0.1) is 29.7 Å². The molecule has 1 aliphatic carbocycles. The smallest absolute Gasteiger partial charge is 0.246 e. The highest BCUT2D eigenvalue weighted by atomic mass is 16.3. The number of benzene rings is 1. The number of pyridine rings is 1. The zero-order valence-corrected chi connectivity index (χ0v) is 23.8. The first kappa shape index (κ1) is 29.2. The molecular weight excluding hydrogens is 508 g/mol. The monoisotopic (exact) mass is 548 g/mol. The number of fused-ring (bicyclic) bond motifs is 3. The Kier molecular flexibility index (Phi) is 8.88. The minimum Gasteiger partial charge on any atom is -0.389 e. The summed E-state index contributed by atoms with van der Waals surface area (Å²) in [6.45, 7) is 7.18. The van der Waals surface area contributed by atoms with Gasteiger partial charge in [-0.25, -0.2) is 9.97 Å². The number of nitrogens with zero attached hydrogens (tertiary/aromatic N) is 5. The molecule has 2 heterocycles. The van der Waals surface area contributed by atoms with Crippen LogP contribution in [0.15, 0.2) is 36.4 Å². The van der Waals surface area contributed by atoms with Gasteiger partial charge in [0, 0.05) is 37.5 Å². The molecule has 3 aromatic rings. The lowest BCUT2D eigenvalue weighted by atomic mass is 9.81. The summed E-state index contributed by atoms with van der Waals surface area (Å²) in [5, 5.41) is 11.7. The van der Waals surface area contributed by atoms with Crippen LogP contribution in [0.3, 0.4) is 0 Å². The van der Waals surface area contributed by atoms with Crippen molar-refractivity contribution in [2.75, 3.05) is 25.9 Å². The molecule has 10 heteroatoms. The van der Waals surface area contributed by atoms with Gasteiger partial charge in [-0.1, -0.05) is 18.2 Å². The van der Waals surface area contributed by atoms with Crippen LogP contribution in [-0.4, -0.2) is 73.3 Å². The van der Waals surface area contributed by atoms with Crippen LogP contribution in [-0.2, 0) is 27.5 Å². The third-order valence-corrected chi connectivity index (χ3v) is 7.68. The number of nitrogen functional groups attached to an aromatic ring is 1. The molecule has 0 atom stereocenters. The van der Waals surface area contributed by atoms with Crippen molar-refractivity contribution in [1.82, 2.24) is 24.3 Å². The van der Waals surface area contributed by atoms with Gasteiger partial charge >= 0.3 is 0 Å². The number of aldehydes is 1. The molecule has 1 fully saturated rings. The lowest BCUT2D eigenvalue weighted by Gasteiger charge is -2.33. The van der Waals surface area contributed by atoms with Crippen molar-refractivity contribution in [2.45, 2.75) is 65.1 Å². The summed E-state index contributed by atoms with van der Waals surface area (Å²) < 4.78 is 1.98. The number of para-hydroxylation sites is 1. The van der Waals surface area contributed by atoms with E-state index in [2.05, 4.69) is 4.98 Å². The topological polar surface area (TPSA) is 135 Å². The molecule has 0 spiro atoms. The Morgan fingerprint density at radius 2 is 1.88 bits per heavy atom. The largest absolute Gasteiger partial charge is 0.389 e. The summed E-state index contributed by atoms with van der Waals surface area (Å²) in [4.78, 5) is 49.1. The molecule has 4 rings (SSSR count). The zero-order valence-electron chi connectivity index (χ0n) is 23.8. The molecule has 40 heavy (non-hydrogen) atoms. The van der Waals surface area contributed by atoms with Gasteiger partial charge < -0.3 is 25.2 Å². The molecule has 0 unspecified atom stereocenters. The molecule has 2 amide bonds.